The van der Waals surface area contributed by atoms with E-state index in [1.807, 2.05) is 25.1 Å². The lowest BCUT2D eigenvalue weighted by Gasteiger charge is -2.37. The maximum atomic E-state index is 12.4. The Morgan fingerprint density at radius 3 is 2.92 bits per heavy atom. The molecule has 1 atom stereocenters. The minimum absolute atomic E-state index is 0.0547. The van der Waals surface area contributed by atoms with Gasteiger partial charge in [0.2, 0.25) is 11.8 Å². The van der Waals surface area contributed by atoms with Gasteiger partial charge in [-0.25, -0.2) is 4.98 Å². The van der Waals surface area contributed by atoms with Crippen molar-refractivity contribution in [3.05, 3.63) is 18.2 Å². The second-order valence-electron chi connectivity index (χ2n) is 6.36. The molecule has 2 aliphatic heterocycles. The molecule has 7 nitrogen and oxygen atoms in total. The van der Waals surface area contributed by atoms with Crippen molar-refractivity contribution in [1.29, 1.82) is 0 Å². The van der Waals surface area contributed by atoms with Crippen molar-refractivity contribution in [3.63, 3.8) is 0 Å². The van der Waals surface area contributed by atoms with E-state index in [1.165, 1.54) is 11.3 Å². The van der Waals surface area contributed by atoms with Gasteiger partial charge in [0.05, 0.1) is 28.8 Å². The number of ether oxygens (including phenoxy) is 1. The summed E-state index contributed by atoms with van der Waals surface area (Å²) in [7, 11) is 0. The van der Waals surface area contributed by atoms with Crippen LogP contribution in [0.25, 0.3) is 10.2 Å². The van der Waals surface area contributed by atoms with Crippen LogP contribution in [0.4, 0.5) is 5.13 Å². The number of aromatic nitrogens is 1. The number of nitrogens with zero attached hydrogens (tertiary/aromatic N) is 3. The van der Waals surface area contributed by atoms with Gasteiger partial charge in [-0.3, -0.25) is 14.5 Å². The maximum Gasteiger partial charge on any atom is 0.229 e. The van der Waals surface area contributed by atoms with E-state index in [4.69, 9.17) is 4.74 Å². The van der Waals surface area contributed by atoms with Crippen molar-refractivity contribution in [2.24, 2.45) is 5.92 Å². The van der Waals surface area contributed by atoms with Crippen molar-refractivity contribution >= 4 is 38.5 Å². The third-order valence-corrected chi connectivity index (χ3v) is 5.58. The van der Waals surface area contributed by atoms with Gasteiger partial charge in [-0.15, -0.1) is 0 Å². The van der Waals surface area contributed by atoms with E-state index in [9.17, 15) is 14.7 Å². The van der Waals surface area contributed by atoms with Gasteiger partial charge in [-0.2, -0.15) is 0 Å². The van der Waals surface area contributed by atoms with E-state index in [1.54, 1.807) is 9.80 Å². The minimum atomic E-state index is -0.430. The molecule has 25 heavy (non-hydrogen) atoms. The van der Waals surface area contributed by atoms with E-state index < -0.39 is 6.10 Å². The molecule has 1 N–H and O–H groups in total. The number of aliphatic hydroxyl groups excluding tert-OH is 1. The quantitative estimate of drug-likeness (QED) is 0.886. The molecule has 0 radical (unpaired) electrons. The number of hydrogen-bond acceptors (Lipinski definition) is 6. The first kappa shape index (κ1) is 16.3. The highest BCUT2D eigenvalue weighted by atomic mass is 32.1. The Morgan fingerprint density at radius 2 is 2.20 bits per heavy atom. The second-order valence-corrected chi connectivity index (χ2v) is 7.37. The number of likely N-dealkylation sites (tertiary alicyclic amines) is 1. The Labute approximate surface area is 148 Å². The lowest BCUT2D eigenvalue weighted by atomic mass is 10.0. The van der Waals surface area contributed by atoms with Gasteiger partial charge in [0, 0.05) is 26.1 Å². The van der Waals surface area contributed by atoms with Crippen LogP contribution in [0.3, 0.4) is 0 Å². The smallest absolute Gasteiger partial charge is 0.229 e. The largest absolute Gasteiger partial charge is 0.494 e. The molecule has 3 heterocycles. The van der Waals surface area contributed by atoms with Crippen LogP contribution in [0.5, 0.6) is 5.75 Å². The number of benzene rings is 1. The Morgan fingerprint density at radius 1 is 1.40 bits per heavy atom. The summed E-state index contributed by atoms with van der Waals surface area (Å²) in [5.41, 5.74) is 0.817. The zero-order valence-electron chi connectivity index (χ0n) is 13.8. The van der Waals surface area contributed by atoms with E-state index in [0.29, 0.717) is 31.4 Å². The SMILES string of the molecule is CCOc1ccc2nc(N3CC(C(=O)N4CC(O)C4)CC3=O)sc2c1. The number of carbonyl (C=O) groups excluding carboxylic acids is 2. The molecule has 1 unspecified atom stereocenters. The molecule has 2 amide bonds. The normalized spacial score (nSPS) is 21.0. The highest BCUT2D eigenvalue weighted by molar-refractivity contribution is 7.22. The van der Waals surface area contributed by atoms with Gasteiger partial charge in [0.25, 0.3) is 0 Å². The van der Waals surface area contributed by atoms with Crippen molar-refractivity contribution in [1.82, 2.24) is 9.88 Å². The van der Waals surface area contributed by atoms with Crippen molar-refractivity contribution in [3.8, 4) is 5.75 Å². The molecule has 0 aliphatic carbocycles. The molecule has 0 saturated carbocycles. The monoisotopic (exact) mass is 361 g/mol. The highest BCUT2D eigenvalue weighted by Crippen LogP contribution is 2.35. The number of rotatable bonds is 4. The Hall–Kier alpha value is -2.19. The molecule has 2 aliphatic rings. The molecule has 0 bridgehead atoms. The molecule has 0 spiro atoms. The van der Waals surface area contributed by atoms with Crippen LogP contribution in [-0.2, 0) is 9.59 Å². The molecule has 2 fully saturated rings. The Kier molecular flexibility index (Phi) is 4.09. The molecule has 2 aromatic rings. The number of hydrogen-bond donors (Lipinski definition) is 1. The summed E-state index contributed by atoms with van der Waals surface area (Å²) in [6.45, 7) is 3.61. The first-order valence-electron chi connectivity index (χ1n) is 8.35. The van der Waals surface area contributed by atoms with Crippen LogP contribution in [0.2, 0.25) is 0 Å². The highest BCUT2D eigenvalue weighted by Gasteiger charge is 2.41. The molecule has 2 saturated heterocycles. The summed E-state index contributed by atoms with van der Waals surface area (Å²) in [5.74, 6) is 0.290. The minimum Gasteiger partial charge on any atom is -0.494 e. The topological polar surface area (TPSA) is 83.0 Å². The third kappa shape index (κ3) is 2.96. The summed E-state index contributed by atoms with van der Waals surface area (Å²) in [6.07, 6.45) is -0.230. The second kappa shape index (κ2) is 6.27. The van der Waals surface area contributed by atoms with Gasteiger partial charge in [0.15, 0.2) is 5.13 Å². The standard InChI is InChI=1S/C17H19N3O4S/c1-2-24-12-3-4-13-14(6-12)25-17(18-13)20-7-10(5-15(20)22)16(23)19-8-11(21)9-19/h3-4,6,10-11,21H,2,5,7-9H2,1H3. The molecular weight excluding hydrogens is 342 g/mol. The fourth-order valence-corrected chi connectivity index (χ4v) is 4.24. The van der Waals surface area contributed by atoms with Crippen molar-refractivity contribution in [2.75, 3.05) is 31.1 Å². The number of fused-ring (bicyclic) bond motifs is 1. The molecule has 1 aromatic carbocycles. The number of anilines is 1. The van der Waals surface area contributed by atoms with Gasteiger partial charge in [-0.05, 0) is 25.1 Å². The molecule has 4 rings (SSSR count). The van der Waals surface area contributed by atoms with E-state index in [-0.39, 0.29) is 24.2 Å². The lowest BCUT2D eigenvalue weighted by molar-refractivity contribution is -0.145. The number of β-amino-alcohol motifs (C(OH)–C–C–N with tert-alkyl or cyclic N) is 1. The van der Waals surface area contributed by atoms with Gasteiger partial charge in [0.1, 0.15) is 5.75 Å². The fourth-order valence-electron chi connectivity index (χ4n) is 3.22. The molecule has 8 heteroatoms. The predicted molar refractivity (Wildman–Crippen MR) is 93.8 cm³/mol. The summed E-state index contributed by atoms with van der Waals surface area (Å²) in [5, 5.41) is 9.96. The lowest BCUT2D eigenvalue weighted by Crippen LogP contribution is -2.55. The summed E-state index contributed by atoms with van der Waals surface area (Å²) < 4.78 is 6.45. The Bertz CT molecular complexity index is 830. The average Bonchev–Trinajstić information content (AvgIpc) is 3.14. The molecular formula is C17H19N3O4S. The third-order valence-electron chi connectivity index (χ3n) is 4.54. The van der Waals surface area contributed by atoms with Crippen LogP contribution in [0, 0.1) is 5.92 Å². The molecule has 1 aromatic heterocycles. The average molecular weight is 361 g/mol. The zero-order valence-corrected chi connectivity index (χ0v) is 14.7. The number of aliphatic hydroxyl groups is 1. The summed E-state index contributed by atoms with van der Waals surface area (Å²) >= 11 is 1.43. The van der Waals surface area contributed by atoms with Gasteiger partial charge in [-0.1, -0.05) is 11.3 Å². The van der Waals surface area contributed by atoms with Gasteiger partial charge < -0.3 is 14.7 Å². The van der Waals surface area contributed by atoms with E-state index >= 15 is 0 Å². The van der Waals surface area contributed by atoms with Crippen molar-refractivity contribution < 1.29 is 19.4 Å². The first-order valence-corrected chi connectivity index (χ1v) is 9.17. The number of amides is 2. The number of thiazole rings is 1. The van der Waals surface area contributed by atoms with Gasteiger partial charge >= 0.3 is 0 Å². The van der Waals surface area contributed by atoms with Crippen LogP contribution >= 0.6 is 11.3 Å². The zero-order chi connectivity index (χ0) is 17.6. The van der Waals surface area contributed by atoms with E-state index in [2.05, 4.69) is 4.98 Å². The fraction of sp³-hybridized carbons (Fsp3) is 0.471. The van der Waals surface area contributed by atoms with Crippen LogP contribution in [0.15, 0.2) is 18.2 Å². The van der Waals surface area contributed by atoms with Crippen LogP contribution in [-0.4, -0.2) is 59.1 Å². The van der Waals surface area contributed by atoms with Crippen molar-refractivity contribution in [2.45, 2.75) is 19.4 Å². The maximum absolute atomic E-state index is 12.4. The van der Waals surface area contributed by atoms with E-state index in [0.717, 1.165) is 16.0 Å². The van der Waals surface area contributed by atoms with Crippen LogP contribution in [0.1, 0.15) is 13.3 Å². The first-order chi connectivity index (χ1) is 12.0. The molecule has 132 valence electrons. The summed E-state index contributed by atoms with van der Waals surface area (Å²) in [6, 6.07) is 5.66. The number of carbonyl (C=O) groups is 2. The summed E-state index contributed by atoms with van der Waals surface area (Å²) in [4.78, 5) is 32.5. The predicted octanol–water partition coefficient (Wildman–Crippen LogP) is 1.25. The Balaban J connectivity index is 1.52. The van der Waals surface area contributed by atoms with Crippen LogP contribution < -0.4 is 9.64 Å².